The molecule has 0 atom stereocenters. The van der Waals surface area contributed by atoms with Crippen molar-refractivity contribution in [2.75, 3.05) is 0 Å². The summed E-state index contributed by atoms with van der Waals surface area (Å²) in [5.41, 5.74) is 2.00. The first-order valence-electron chi connectivity index (χ1n) is 10.7. The number of benzene rings is 4. The maximum Gasteiger partial charge on any atom is 0.503 e. The standard InChI is InChI=1S/2C13H9NO3.CH2O3/c2*15-13(10-4-2-1-3-5-10)11-6-8-12(9-7-11)14(16)17;2-1(3)4/h2*1-9H;(H2,2,3,4). The molecule has 0 aliphatic rings. The van der Waals surface area contributed by atoms with E-state index in [1.807, 2.05) is 12.1 Å². The van der Waals surface area contributed by atoms with E-state index < -0.39 is 16.0 Å². The van der Waals surface area contributed by atoms with Crippen LogP contribution >= 0.6 is 0 Å². The van der Waals surface area contributed by atoms with Crippen LogP contribution in [0.25, 0.3) is 0 Å². The number of rotatable bonds is 6. The highest BCUT2D eigenvalue weighted by Crippen LogP contribution is 2.16. The van der Waals surface area contributed by atoms with Gasteiger partial charge < -0.3 is 10.2 Å². The number of carbonyl (C=O) groups is 3. The lowest BCUT2D eigenvalue weighted by molar-refractivity contribution is -0.385. The minimum atomic E-state index is -1.83. The van der Waals surface area contributed by atoms with Gasteiger partial charge in [-0.15, -0.1) is 0 Å². The van der Waals surface area contributed by atoms with Crippen LogP contribution in [-0.2, 0) is 0 Å². The van der Waals surface area contributed by atoms with Gasteiger partial charge in [-0.1, -0.05) is 60.7 Å². The van der Waals surface area contributed by atoms with Gasteiger partial charge >= 0.3 is 6.16 Å². The zero-order valence-corrected chi connectivity index (χ0v) is 19.5. The van der Waals surface area contributed by atoms with Crippen molar-refractivity contribution < 1.29 is 34.4 Å². The Hall–Kier alpha value is -5.71. The van der Waals surface area contributed by atoms with Crippen LogP contribution in [-0.4, -0.2) is 37.8 Å². The second kappa shape index (κ2) is 14.0. The van der Waals surface area contributed by atoms with Gasteiger partial charge in [-0.05, 0) is 24.3 Å². The molecule has 38 heavy (non-hydrogen) atoms. The van der Waals surface area contributed by atoms with Crippen molar-refractivity contribution in [2.24, 2.45) is 0 Å². The summed E-state index contributed by atoms with van der Waals surface area (Å²) in [6, 6.07) is 28.8. The van der Waals surface area contributed by atoms with E-state index in [0.29, 0.717) is 22.3 Å². The molecule has 0 fully saturated rings. The van der Waals surface area contributed by atoms with E-state index in [-0.39, 0.29) is 22.9 Å². The second-order valence-electron chi connectivity index (χ2n) is 7.28. The topological polar surface area (TPSA) is 178 Å². The fourth-order valence-corrected chi connectivity index (χ4v) is 2.98. The van der Waals surface area contributed by atoms with Crippen LogP contribution in [0.2, 0.25) is 0 Å². The lowest BCUT2D eigenvalue weighted by Gasteiger charge is -2.00. The van der Waals surface area contributed by atoms with E-state index in [1.54, 1.807) is 48.5 Å². The number of hydrogen-bond donors (Lipinski definition) is 2. The summed E-state index contributed by atoms with van der Waals surface area (Å²) in [5.74, 6) is -0.277. The molecule has 0 heterocycles. The molecule has 4 rings (SSSR count). The average Bonchev–Trinajstić information content (AvgIpc) is 2.93. The Kier molecular flexibility index (Phi) is 10.5. The van der Waals surface area contributed by atoms with Crippen LogP contribution in [0, 0.1) is 20.2 Å². The van der Waals surface area contributed by atoms with Crippen molar-refractivity contribution in [2.45, 2.75) is 0 Å². The number of ketones is 2. The first-order valence-corrected chi connectivity index (χ1v) is 10.7. The predicted octanol–water partition coefficient (Wildman–Crippen LogP) is 5.87. The Morgan fingerprint density at radius 1 is 0.474 bits per heavy atom. The normalized spacial score (nSPS) is 9.47. The van der Waals surface area contributed by atoms with Gasteiger partial charge in [0, 0.05) is 46.5 Å². The lowest BCUT2D eigenvalue weighted by atomic mass is 10.0. The van der Waals surface area contributed by atoms with Crippen LogP contribution in [0.3, 0.4) is 0 Å². The number of nitro groups is 2. The van der Waals surface area contributed by atoms with Crippen LogP contribution in [0.5, 0.6) is 0 Å². The molecule has 4 aromatic carbocycles. The number of nitrogens with zero attached hydrogens (tertiary/aromatic N) is 2. The fraction of sp³-hybridized carbons (Fsp3) is 0. The van der Waals surface area contributed by atoms with E-state index in [0.717, 1.165) is 0 Å². The second-order valence-corrected chi connectivity index (χ2v) is 7.28. The molecule has 0 unspecified atom stereocenters. The molecule has 0 bridgehead atoms. The Balaban J connectivity index is 0.000000234. The van der Waals surface area contributed by atoms with Gasteiger partial charge in [-0.25, -0.2) is 4.79 Å². The van der Waals surface area contributed by atoms with Gasteiger partial charge in [-0.3, -0.25) is 29.8 Å². The number of carboxylic acid groups (broad SMARTS) is 2. The molecule has 0 spiro atoms. The quantitative estimate of drug-likeness (QED) is 0.180. The molecule has 0 aliphatic heterocycles. The number of nitro benzene ring substituents is 2. The molecule has 0 aromatic heterocycles. The van der Waals surface area contributed by atoms with E-state index in [1.165, 1.54) is 48.5 Å². The smallest absolute Gasteiger partial charge is 0.450 e. The maximum absolute atomic E-state index is 12.0. The Morgan fingerprint density at radius 3 is 0.947 bits per heavy atom. The Bertz CT molecular complexity index is 1300. The molecule has 192 valence electrons. The van der Waals surface area contributed by atoms with Gasteiger partial charge in [0.15, 0.2) is 11.6 Å². The van der Waals surface area contributed by atoms with Crippen LogP contribution < -0.4 is 0 Å². The third-order valence-electron chi connectivity index (χ3n) is 4.75. The van der Waals surface area contributed by atoms with Gasteiger partial charge in [0.25, 0.3) is 11.4 Å². The summed E-state index contributed by atoms with van der Waals surface area (Å²) in [6.07, 6.45) is -1.83. The van der Waals surface area contributed by atoms with Crippen molar-refractivity contribution in [3.63, 3.8) is 0 Å². The van der Waals surface area contributed by atoms with Crippen LogP contribution in [0.1, 0.15) is 31.8 Å². The monoisotopic (exact) mass is 516 g/mol. The van der Waals surface area contributed by atoms with E-state index in [4.69, 9.17) is 15.0 Å². The molecule has 2 N–H and O–H groups in total. The zero-order chi connectivity index (χ0) is 28.1. The summed E-state index contributed by atoms with van der Waals surface area (Å²) in [4.78, 5) is 52.4. The van der Waals surface area contributed by atoms with Crippen molar-refractivity contribution in [3.8, 4) is 0 Å². The van der Waals surface area contributed by atoms with E-state index >= 15 is 0 Å². The average molecular weight is 516 g/mol. The highest BCUT2D eigenvalue weighted by atomic mass is 16.6. The minimum Gasteiger partial charge on any atom is -0.450 e. The Labute approximate surface area is 215 Å². The van der Waals surface area contributed by atoms with Crippen molar-refractivity contribution in [3.05, 3.63) is 152 Å². The molecule has 0 radical (unpaired) electrons. The first-order chi connectivity index (χ1) is 18.1. The number of carbonyl (C=O) groups excluding carboxylic acids is 2. The summed E-state index contributed by atoms with van der Waals surface area (Å²) >= 11 is 0. The molecule has 0 saturated carbocycles. The third kappa shape index (κ3) is 8.82. The molecular formula is C27H20N2O9. The van der Waals surface area contributed by atoms with Gasteiger partial charge in [0.05, 0.1) is 9.85 Å². The Morgan fingerprint density at radius 2 is 0.711 bits per heavy atom. The zero-order valence-electron chi connectivity index (χ0n) is 19.5. The molecule has 0 amide bonds. The van der Waals surface area contributed by atoms with Gasteiger partial charge in [-0.2, -0.15) is 0 Å². The minimum absolute atomic E-state index is 0.0189. The fourth-order valence-electron chi connectivity index (χ4n) is 2.98. The SMILES string of the molecule is O=C(O)O.O=C(c1ccccc1)c1ccc([N+](=O)[O-])cc1.O=C(c1ccccc1)c1ccc([N+](=O)[O-])cc1. The number of non-ortho nitro benzene ring substituents is 2. The largest absolute Gasteiger partial charge is 0.503 e. The molecule has 4 aromatic rings. The van der Waals surface area contributed by atoms with Crippen LogP contribution in [0.4, 0.5) is 16.2 Å². The highest BCUT2D eigenvalue weighted by Gasteiger charge is 2.12. The van der Waals surface area contributed by atoms with Gasteiger partial charge in [0.1, 0.15) is 0 Å². The molecular weight excluding hydrogens is 496 g/mol. The highest BCUT2D eigenvalue weighted by molar-refractivity contribution is 6.09. The van der Waals surface area contributed by atoms with E-state index in [2.05, 4.69) is 0 Å². The number of hydrogen-bond acceptors (Lipinski definition) is 7. The third-order valence-corrected chi connectivity index (χ3v) is 4.75. The predicted molar refractivity (Wildman–Crippen MR) is 137 cm³/mol. The van der Waals surface area contributed by atoms with Crippen molar-refractivity contribution in [1.82, 2.24) is 0 Å². The van der Waals surface area contributed by atoms with Crippen molar-refractivity contribution in [1.29, 1.82) is 0 Å². The summed E-state index contributed by atoms with van der Waals surface area (Å²) < 4.78 is 0. The molecule has 0 saturated heterocycles. The molecule has 0 aliphatic carbocycles. The first kappa shape index (κ1) is 28.5. The summed E-state index contributed by atoms with van der Waals surface area (Å²) in [7, 11) is 0. The summed E-state index contributed by atoms with van der Waals surface area (Å²) in [5, 5.41) is 34.9. The van der Waals surface area contributed by atoms with E-state index in [9.17, 15) is 29.8 Å². The summed E-state index contributed by atoms with van der Waals surface area (Å²) in [6.45, 7) is 0. The molecule has 11 nitrogen and oxygen atoms in total. The van der Waals surface area contributed by atoms with Crippen LogP contribution in [0.15, 0.2) is 109 Å². The van der Waals surface area contributed by atoms with Crippen molar-refractivity contribution >= 4 is 29.1 Å². The maximum atomic E-state index is 12.0. The molecule has 11 heteroatoms. The van der Waals surface area contributed by atoms with Gasteiger partial charge in [0.2, 0.25) is 0 Å². The lowest BCUT2D eigenvalue weighted by Crippen LogP contribution is -2.00.